The third kappa shape index (κ3) is 3.88. The minimum atomic E-state index is -0.0297. The Balaban J connectivity index is 1.82. The number of aryl methyl sites for hydroxylation is 1. The molecule has 2 aromatic carbocycles. The van der Waals surface area contributed by atoms with Gasteiger partial charge in [-0.3, -0.25) is 9.48 Å². The first kappa shape index (κ1) is 16.8. The van der Waals surface area contributed by atoms with Crippen molar-refractivity contribution in [2.24, 2.45) is 7.05 Å². The molecule has 1 aromatic heterocycles. The molecule has 0 bridgehead atoms. The molecule has 128 valence electrons. The van der Waals surface area contributed by atoms with Crippen molar-refractivity contribution in [1.29, 1.82) is 0 Å². The van der Waals surface area contributed by atoms with Gasteiger partial charge in [-0.15, -0.1) is 0 Å². The maximum absolute atomic E-state index is 11.0. The lowest BCUT2D eigenvalue weighted by molar-refractivity contribution is -0.119. The molecule has 0 radical (unpaired) electrons. The van der Waals surface area contributed by atoms with Gasteiger partial charge in [-0.2, -0.15) is 5.10 Å². The first-order valence-corrected chi connectivity index (χ1v) is 8.09. The first-order valence-electron chi connectivity index (χ1n) is 8.09. The molecule has 3 aromatic rings. The molecule has 5 nitrogen and oxygen atoms in total. The Morgan fingerprint density at radius 2 is 1.72 bits per heavy atom. The van der Waals surface area contributed by atoms with Crippen LogP contribution in [-0.2, 0) is 18.4 Å². The second-order valence-corrected chi connectivity index (χ2v) is 5.87. The zero-order valence-electron chi connectivity index (χ0n) is 14.6. The van der Waals surface area contributed by atoms with Gasteiger partial charge < -0.3 is 10.1 Å². The summed E-state index contributed by atoms with van der Waals surface area (Å²) in [7, 11) is 3.60. The average molecular weight is 335 g/mol. The number of aromatic nitrogens is 2. The molecule has 0 spiro atoms. The summed E-state index contributed by atoms with van der Waals surface area (Å²) in [5.41, 5.74) is 5.15. The number of methoxy groups -OCH3 is 1. The Hall–Kier alpha value is -3.08. The van der Waals surface area contributed by atoms with Gasteiger partial charge in [0.2, 0.25) is 5.91 Å². The van der Waals surface area contributed by atoms with Crippen LogP contribution in [-0.4, -0.2) is 22.8 Å². The molecule has 5 heteroatoms. The van der Waals surface area contributed by atoms with E-state index in [-0.39, 0.29) is 5.91 Å². The molecule has 1 amide bonds. The summed E-state index contributed by atoms with van der Waals surface area (Å²) in [5.74, 6) is 0.804. The van der Waals surface area contributed by atoms with Gasteiger partial charge in [-0.25, -0.2) is 0 Å². The zero-order chi connectivity index (χ0) is 17.8. The highest BCUT2D eigenvalue weighted by Crippen LogP contribution is 2.27. The standard InChI is InChI=1S/C20H21N3O2/c1-14(24)21-13-15-4-6-16(7-5-15)19-12-20(23(2)22-19)17-8-10-18(25-3)11-9-17/h4-12H,13H2,1-3H3,(H,21,24). The number of carbonyl (C=O) groups excluding carboxylic acids is 1. The molecule has 0 fully saturated rings. The molecule has 0 unspecified atom stereocenters. The van der Waals surface area contributed by atoms with E-state index in [9.17, 15) is 4.79 Å². The van der Waals surface area contributed by atoms with E-state index in [2.05, 4.69) is 16.5 Å². The molecule has 3 rings (SSSR count). The lowest BCUT2D eigenvalue weighted by atomic mass is 10.1. The van der Waals surface area contributed by atoms with E-state index >= 15 is 0 Å². The number of benzene rings is 2. The smallest absolute Gasteiger partial charge is 0.217 e. The van der Waals surface area contributed by atoms with E-state index in [0.29, 0.717) is 6.54 Å². The summed E-state index contributed by atoms with van der Waals surface area (Å²) in [5, 5.41) is 7.42. The Kier molecular flexibility index (Phi) is 4.84. The average Bonchev–Trinajstić information content (AvgIpc) is 3.02. The lowest BCUT2D eigenvalue weighted by Crippen LogP contribution is -2.18. The summed E-state index contributed by atoms with van der Waals surface area (Å²) in [6.07, 6.45) is 0. The molecule has 1 heterocycles. The maximum Gasteiger partial charge on any atom is 0.217 e. The molecular weight excluding hydrogens is 314 g/mol. The monoisotopic (exact) mass is 335 g/mol. The fourth-order valence-electron chi connectivity index (χ4n) is 2.66. The van der Waals surface area contributed by atoms with Gasteiger partial charge in [0, 0.05) is 31.6 Å². The van der Waals surface area contributed by atoms with Crippen LogP contribution in [0.5, 0.6) is 5.75 Å². The quantitative estimate of drug-likeness (QED) is 0.777. The van der Waals surface area contributed by atoms with Gasteiger partial charge in [-0.1, -0.05) is 24.3 Å². The summed E-state index contributed by atoms with van der Waals surface area (Å²) >= 11 is 0. The van der Waals surface area contributed by atoms with Gasteiger partial charge >= 0.3 is 0 Å². The minimum Gasteiger partial charge on any atom is -0.497 e. The number of carbonyl (C=O) groups is 1. The van der Waals surface area contributed by atoms with Gasteiger partial charge in [0.05, 0.1) is 18.5 Å². The number of hydrogen-bond donors (Lipinski definition) is 1. The topological polar surface area (TPSA) is 56.1 Å². The predicted octanol–water partition coefficient (Wildman–Crippen LogP) is 3.40. The normalized spacial score (nSPS) is 10.5. The van der Waals surface area contributed by atoms with Crippen LogP contribution in [0.2, 0.25) is 0 Å². The van der Waals surface area contributed by atoms with Crippen molar-refractivity contribution in [3.8, 4) is 28.3 Å². The number of nitrogens with one attached hydrogen (secondary N) is 1. The zero-order valence-corrected chi connectivity index (χ0v) is 14.6. The number of rotatable bonds is 5. The number of hydrogen-bond acceptors (Lipinski definition) is 3. The van der Waals surface area contributed by atoms with E-state index in [1.807, 2.05) is 60.3 Å². The third-order valence-electron chi connectivity index (χ3n) is 4.06. The Labute approximate surface area is 147 Å². The van der Waals surface area contributed by atoms with Crippen LogP contribution in [0.3, 0.4) is 0 Å². The van der Waals surface area contributed by atoms with Gasteiger partial charge in [0.15, 0.2) is 0 Å². The van der Waals surface area contributed by atoms with Crippen molar-refractivity contribution in [3.05, 3.63) is 60.2 Å². The molecule has 0 aliphatic rings. The van der Waals surface area contributed by atoms with Crippen molar-refractivity contribution in [2.75, 3.05) is 7.11 Å². The van der Waals surface area contributed by atoms with Crippen molar-refractivity contribution < 1.29 is 9.53 Å². The predicted molar refractivity (Wildman–Crippen MR) is 98.2 cm³/mol. The van der Waals surface area contributed by atoms with Crippen molar-refractivity contribution >= 4 is 5.91 Å². The van der Waals surface area contributed by atoms with E-state index in [4.69, 9.17) is 4.74 Å². The molecule has 0 saturated carbocycles. The highest BCUT2D eigenvalue weighted by Gasteiger charge is 2.09. The summed E-state index contributed by atoms with van der Waals surface area (Å²) in [4.78, 5) is 11.0. The molecule has 0 aliphatic heterocycles. The van der Waals surface area contributed by atoms with E-state index in [0.717, 1.165) is 33.8 Å². The number of ether oxygens (including phenoxy) is 1. The maximum atomic E-state index is 11.0. The van der Waals surface area contributed by atoms with Crippen LogP contribution < -0.4 is 10.1 Å². The third-order valence-corrected chi connectivity index (χ3v) is 4.06. The van der Waals surface area contributed by atoms with E-state index in [1.54, 1.807) is 7.11 Å². The van der Waals surface area contributed by atoms with Crippen molar-refractivity contribution in [3.63, 3.8) is 0 Å². The van der Waals surface area contributed by atoms with Crippen LogP contribution in [0.15, 0.2) is 54.6 Å². The lowest BCUT2D eigenvalue weighted by Gasteiger charge is -2.03. The Morgan fingerprint density at radius 3 is 2.32 bits per heavy atom. The summed E-state index contributed by atoms with van der Waals surface area (Å²) in [6.45, 7) is 2.05. The van der Waals surface area contributed by atoms with E-state index < -0.39 is 0 Å². The summed E-state index contributed by atoms with van der Waals surface area (Å²) in [6, 6.07) is 18.1. The molecule has 0 atom stereocenters. The van der Waals surface area contributed by atoms with Crippen LogP contribution in [0.4, 0.5) is 0 Å². The van der Waals surface area contributed by atoms with Crippen LogP contribution in [0, 0.1) is 0 Å². The van der Waals surface area contributed by atoms with E-state index in [1.165, 1.54) is 6.92 Å². The molecular formula is C20H21N3O2. The van der Waals surface area contributed by atoms with Gasteiger partial charge in [-0.05, 0) is 35.9 Å². The van der Waals surface area contributed by atoms with Gasteiger partial charge in [0.1, 0.15) is 5.75 Å². The SMILES string of the molecule is COc1ccc(-c2cc(-c3ccc(CNC(C)=O)cc3)nn2C)cc1. The minimum absolute atomic E-state index is 0.0297. The Morgan fingerprint density at radius 1 is 1.08 bits per heavy atom. The van der Waals surface area contributed by atoms with Crippen LogP contribution in [0.1, 0.15) is 12.5 Å². The molecule has 1 N–H and O–H groups in total. The van der Waals surface area contributed by atoms with Crippen molar-refractivity contribution in [1.82, 2.24) is 15.1 Å². The number of amides is 1. The Bertz CT molecular complexity index is 865. The molecule has 25 heavy (non-hydrogen) atoms. The second-order valence-electron chi connectivity index (χ2n) is 5.87. The number of nitrogens with zero attached hydrogens (tertiary/aromatic N) is 2. The first-order chi connectivity index (χ1) is 12.1. The van der Waals surface area contributed by atoms with Gasteiger partial charge in [0.25, 0.3) is 0 Å². The van der Waals surface area contributed by atoms with Crippen LogP contribution >= 0.6 is 0 Å². The molecule has 0 saturated heterocycles. The fourth-order valence-corrected chi connectivity index (χ4v) is 2.66. The highest BCUT2D eigenvalue weighted by molar-refractivity contribution is 5.73. The fraction of sp³-hybridized carbons (Fsp3) is 0.200. The highest BCUT2D eigenvalue weighted by atomic mass is 16.5. The largest absolute Gasteiger partial charge is 0.497 e. The molecule has 0 aliphatic carbocycles. The second kappa shape index (κ2) is 7.21. The van der Waals surface area contributed by atoms with Crippen LogP contribution in [0.25, 0.3) is 22.5 Å². The van der Waals surface area contributed by atoms with Crippen molar-refractivity contribution in [2.45, 2.75) is 13.5 Å². The summed E-state index contributed by atoms with van der Waals surface area (Å²) < 4.78 is 7.08.